The molecule has 0 aliphatic carbocycles. The van der Waals surface area contributed by atoms with Crippen molar-refractivity contribution in [1.82, 2.24) is 15.2 Å². The van der Waals surface area contributed by atoms with E-state index in [1.54, 1.807) is 17.0 Å². The predicted molar refractivity (Wildman–Crippen MR) is 103 cm³/mol. The molecule has 2 N–H and O–H groups in total. The maximum Gasteiger partial charge on any atom is 0.289 e. The van der Waals surface area contributed by atoms with Gasteiger partial charge >= 0.3 is 0 Å². The number of aryl methyl sites for hydroxylation is 2. The van der Waals surface area contributed by atoms with Crippen molar-refractivity contribution in [3.63, 3.8) is 0 Å². The number of aromatic amines is 1. The van der Waals surface area contributed by atoms with Gasteiger partial charge in [0.15, 0.2) is 5.76 Å². The van der Waals surface area contributed by atoms with Crippen LogP contribution in [-0.2, 0) is 0 Å². The smallest absolute Gasteiger partial charge is 0.289 e. The highest BCUT2D eigenvalue weighted by atomic mass is 16.3. The normalized spacial score (nSPS) is 15.3. The second-order valence-corrected chi connectivity index (χ2v) is 7.24. The molecule has 1 aliphatic heterocycles. The fraction of sp³-hybridized carbons (Fsp3) is 0.333. The minimum Gasteiger partial charge on any atom is -0.459 e. The lowest BCUT2D eigenvalue weighted by Gasteiger charge is -2.31. The summed E-state index contributed by atoms with van der Waals surface area (Å²) in [5, 5.41) is 4.17. The molecule has 2 aromatic heterocycles. The number of nitrogens with one attached hydrogen (secondary N) is 2. The molecule has 0 radical (unpaired) electrons. The van der Waals surface area contributed by atoms with Gasteiger partial charge in [0.2, 0.25) is 0 Å². The molecule has 3 aromatic rings. The zero-order chi connectivity index (χ0) is 19.0. The van der Waals surface area contributed by atoms with Crippen molar-refractivity contribution in [2.75, 3.05) is 13.1 Å². The average Bonchev–Trinajstić information content (AvgIpc) is 3.31. The molecule has 6 nitrogen and oxygen atoms in total. The van der Waals surface area contributed by atoms with Gasteiger partial charge < -0.3 is 19.6 Å². The monoisotopic (exact) mass is 365 g/mol. The lowest BCUT2D eigenvalue weighted by Crippen LogP contribution is -2.46. The number of aromatic nitrogens is 1. The average molecular weight is 365 g/mol. The van der Waals surface area contributed by atoms with Crippen LogP contribution in [0.1, 0.15) is 45.0 Å². The van der Waals surface area contributed by atoms with E-state index in [1.807, 2.05) is 13.0 Å². The molecule has 0 unspecified atom stereocenters. The van der Waals surface area contributed by atoms with E-state index in [2.05, 4.69) is 29.4 Å². The standard InChI is InChI=1S/C21H23N3O3/c1-13-10-14(2)16-12-18(23-17(16)11-13)20(25)22-15-5-7-24(8-6-15)21(26)19-4-3-9-27-19/h3-4,9-12,15,23H,5-8H2,1-2H3,(H,22,25). The number of hydrogen-bond donors (Lipinski definition) is 2. The molecule has 0 spiro atoms. The van der Waals surface area contributed by atoms with Gasteiger partial charge in [0, 0.05) is 30.0 Å². The minimum atomic E-state index is -0.0981. The Balaban J connectivity index is 1.38. The number of benzene rings is 1. The summed E-state index contributed by atoms with van der Waals surface area (Å²) in [6.45, 7) is 5.31. The van der Waals surface area contributed by atoms with Crippen LogP contribution in [0.2, 0.25) is 0 Å². The topological polar surface area (TPSA) is 78.3 Å². The van der Waals surface area contributed by atoms with E-state index in [9.17, 15) is 9.59 Å². The Bertz CT molecular complexity index is 980. The first kappa shape index (κ1) is 17.4. The summed E-state index contributed by atoms with van der Waals surface area (Å²) in [5.41, 5.74) is 3.89. The van der Waals surface area contributed by atoms with E-state index < -0.39 is 0 Å². The molecule has 3 heterocycles. The molecule has 140 valence electrons. The number of likely N-dealkylation sites (tertiary alicyclic amines) is 1. The first-order valence-corrected chi connectivity index (χ1v) is 9.25. The molecule has 6 heteroatoms. The Labute approximate surface area is 157 Å². The van der Waals surface area contributed by atoms with Crippen molar-refractivity contribution in [2.24, 2.45) is 0 Å². The number of rotatable bonds is 3. The Morgan fingerprint density at radius 2 is 1.96 bits per heavy atom. The fourth-order valence-electron chi connectivity index (χ4n) is 3.77. The van der Waals surface area contributed by atoms with Gasteiger partial charge in [-0.15, -0.1) is 0 Å². The van der Waals surface area contributed by atoms with Crippen molar-refractivity contribution < 1.29 is 14.0 Å². The lowest BCUT2D eigenvalue weighted by atomic mass is 10.0. The Hall–Kier alpha value is -3.02. The number of hydrogen-bond acceptors (Lipinski definition) is 3. The summed E-state index contributed by atoms with van der Waals surface area (Å²) in [4.78, 5) is 30.0. The molecule has 27 heavy (non-hydrogen) atoms. The van der Waals surface area contributed by atoms with Crippen LogP contribution in [0.4, 0.5) is 0 Å². The first-order chi connectivity index (χ1) is 13.0. The van der Waals surface area contributed by atoms with E-state index in [0.29, 0.717) is 24.5 Å². The van der Waals surface area contributed by atoms with Crippen molar-refractivity contribution in [1.29, 1.82) is 0 Å². The molecule has 0 bridgehead atoms. The van der Waals surface area contributed by atoms with Crippen molar-refractivity contribution >= 4 is 22.7 Å². The third kappa shape index (κ3) is 3.47. The highest BCUT2D eigenvalue weighted by Crippen LogP contribution is 2.22. The van der Waals surface area contributed by atoms with E-state index in [0.717, 1.165) is 29.3 Å². The summed E-state index contributed by atoms with van der Waals surface area (Å²) in [5.74, 6) is 0.173. The van der Waals surface area contributed by atoms with Gasteiger partial charge in [-0.25, -0.2) is 0 Å². The van der Waals surface area contributed by atoms with Crippen LogP contribution in [0.3, 0.4) is 0 Å². The van der Waals surface area contributed by atoms with E-state index >= 15 is 0 Å². The summed E-state index contributed by atoms with van der Waals surface area (Å²) >= 11 is 0. The Morgan fingerprint density at radius 3 is 2.67 bits per heavy atom. The molecule has 4 rings (SSSR count). The van der Waals surface area contributed by atoms with Crippen LogP contribution in [0.15, 0.2) is 41.0 Å². The maximum atomic E-state index is 12.6. The predicted octanol–water partition coefficient (Wildman–Crippen LogP) is 3.41. The van der Waals surface area contributed by atoms with Crippen LogP contribution in [0.25, 0.3) is 10.9 Å². The highest BCUT2D eigenvalue weighted by Gasteiger charge is 2.26. The van der Waals surface area contributed by atoms with Crippen molar-refractivity contribution in [3.8, 4) is 0 Å². The van der Waals surface area contributed by atoms with Gasteiger partial charge in [-0.3, -0.25) is 9.59 Å². The molecule has 2 amide bonds. The molecule has 0 atom stereocenters. The van der Waals surface area contributed by atoms with Crippen LogP contribution >= 0.6 is 0 Å². The Morgan fingerprint density at radius 1 is 1.19 bits per heavy atom. The van der Waals surface area contributed by atoms with Crippen LogP contribution in [0.5, 0.6) is 0 Å². The highest BCUT2D eigenvalue weighted by molar-refractivity contribution is 5.99. The number of carbonyl (C=O) groups is 2. The third-order valence-electron chi connectivity index (χ3n) is 5.18. The van der Waals surface area contributed by atoms with Crippen molar-refractivity contribution in [2.45, 2.75) is 32.7 Å². The number of nitrogens with zero attached hydrogens (tertiary/aromatic N) is 1. The quantitative estimate of drug-likeness (QED) is 0.747. The summed E-state index contributed by atoms with van der Waals surface area (Å²) in [6, 6.07) is 9.53. The van der Waals surface area contributed by atoms with Gasteiger partial charge in [0.25, 0.3) is 11.8 Å². The molecule has 1 fully saturated rings. The summed E-state index contributed by atoms with van der Waals surface area (Å²) in [7, 11) is 0. The van der Waals surface area contributed by atoms with Gasteiger partial charge in [-0.2, -0.15) is 0 Å². The summed E-state index contributed by atoms with van der Waals surface area (Å²) in [6.07, 6.45) is 2.97. The van der Waals surface area contributed by atoms with Gasteiger partial charge in [-0.1, -0.05) is 6.07 Å². The van der Waals surface area contributed by atoms with Crippen LogP contribution < -0.4 is 5.32 Å². The van der Waals surface area contributed by atoms with Gasteiger partial charge in [0.05, 0.1) is 6.26 Å². The molecular weight excluding hydrogens is 342 g/mol. The van der Waals surface area contributed by atoms with E-state index in [1.165, 1.54) is 11.8 Å². The molecule has 1 aromatic carbocycles. The van der Waals surface area contributed by atoms with Gasteiger partial charge in [-0.05, 0) is 62.1 Å². The van der Waals surface area contributed by atoms with Crippen LogP contribution in [-0.4, -0.2) is 40.8 Å². The summed E-state index contributed by atoms with van der Waals surface area (Å²) < 4.78 is 5.18. The maximum absolute atomic E-state index is 12.6. The largest absolute Gasteiger partial charge is 0.459 e. The number of H-pyrrole nitrogens is 1. The molecule has 1 saturated heterocycles. The van der Waals surface area contributed by atoms with Crippen LogP contribution in [0, 0.1) is 13.8 Å². The Kier molecular flexibility index (Phi) is 4.48. The molecule has 1 aliphatic rings. The van der Waals surface area contributed by atoms with E-state index in [4.69, 9.17) is 4.42 Å². The minimum absolute atomic E-state index is 0.0624. The number of carbonyl (C=O) groups excluding carboxylic acids is 2. The number of piperidine rings is 1. The molecule has 0 saturated carbocycles. The SMILES string of the molecule is Cc1cc(C)c2cc(C(=O)NC3CCN(C(=O)c4ccco4)CC3)[nH]c2c1. The lowest BCUT2D eigenvalue weighted by molar-refractivity contribution is 0.0667. The number of fused-ring (bicyclic) bond motifs is 1. The van der Waals surface area contributed by atoms with Crippen molar-refractivity contribution in [3.05, 3.63) is 59.2 Å². The second-order valence-electron chi connectivity index (χ2n) is 7.24. The van der Waals surface area contributed by atoms with E-state index in [-0.39, 0.29) is 17.9 Å². The zero-order valence-corrected chi connectivity index (χ0v) is 15.5. The second kappa shape index (κ2) is 6.95. The fourth-order valence-corrected chi connectivity index (χ4v) is 3.77. The number of furan rings is 1. The third-order valence-corrected chi connectivity index (χ3v) is 5.18. The number of amides is 2. The zero-order valence-electron chi connectivity index (χ0n) is 15.5. The first-order valence-electron chi connectivity index (χ1n) is 9.25. The molecular formula is C21H23N3O3. The van der Waals surface area contributed by atoms with Gasteiger partial charge in [0.1, 0.15) is 5.69 Å².